The predicted molar refractivity (Wildman–Crippen MR) is 107 cm³/mol. The zero-order chi connectivity index (χ0) is 20.3. The molecule has 28 heavy (non-hydrogen) atoms. The minimum atomic E-state index is -0.608. The first-order chi connectivity index (χ1) is 13.4. The van der Waals surface area contributed by atoms with Crippen LogP contribution in [0.5, 0.6) is 0 Å². The Labute approximate surface area is 164 Å². The number of benzene rings is 1. The maximum absolute atomic E-state index is 12.6. The summed E-state index contributed by atoms with van der Waals surface area (Å²) in [5.74, 6) is -0.874. The molecule has 1 saturated heterocycles. The second-order valence-corrected chi connectivity index (χ2v) is 6.85. The molecule has 0 aliphatic carbocycles. The van der Waals surface area contributed by atoms with Gasteiger partial charge in [-0.3, -0.25) is 9.59 Å². The number of nitrogens with zero attached hydrogens (tertiary/aromatic N) is 2. The molecule has 6 heteroatoms. The standard InChI is InChI=1S/C22H24N2O4/c1-4-11-23-15(2)13-18(16(23)3)20(25)14-28-22(27)17-8-5-6-9-19(17)24-12-7-10-21(24)26/h4-6,8-9,13H,1,7,10-12,14H2,2-3H3. The summed E-state index contributed by atoms with van der Waals surface area (Å²) in [7, 11) is 0. The third-order valence-electron chi connectivity index (χ3n) is 5.01. The molecule has 0 N–H and O–H groups in total. The molecule has 0 bridgehead atoms. The fourth-order valence-electron chi connectivity index (χ4n) is 3.56. The Morgan fingerprint density at radius 3 is 2.64 bits per heavy atom. The summed E-state index contributed by atoms with van der Waals surface area (Å²) in [6, 6.07) is 8.63. The minimum Gasteiger partial charge on any atom is -0.454 e. The fraction of sp³-hybridized carbons (Fsp3) is 0.318. The number of aryl methyl sites for hydroxylation is 1. The number of hydrogen-bond donors (Lipinski definition) is 0. The van der Waals surface area contributed by atoms with Gasteiger partial charge in [-0.15, -0.1) is 6.58 Å². The summed E-state index contributed by atoms with van der Waals surface area (Å²) in [5.41, 5.74) is 3.14. The van der Waals surface area contributed by atoms with E-state index in [0.717, 1.165) is 17.8 Å². The Morgan fingerprint density at radius 2 is 1.96 bits per heavy atom. The van der Waals surface area contributed by atoms with Crippen LogP contribution in [-0.2, 0) is 16.1 Å². The molecular weight excluding hydrogens is 356 g/mol. The lowest BCUT2D eigenvalue weighted by molar-refractivity contribution is -0.117. The number of allylic oxidation sites excluding steroid dienone is 1. The highest BCUT2D eigenvalue weighted by molar-refractivity contribution is 6.05. The average molecular weight is 380 g/mol. The second-order valence-electron chi connectivity index (χ2n) is 6.85. The zero-order valence-corrected chi connectivity index (χ0v) is 16.2. The summed E-state index contributed by atoms with van der Waals surface area (Å²) in [5, 5.41) is 0. The Hall–Kier alpha value is -3.15. The third-order valence-corrected chi connectivity index (χ3v) is 5.01. The van der Waals surface area contributed by atoms with Crippen LogP contribution in [0.15, 0.2) is 43.0 Å². The van der Waals surface area contributed by atoms with Crippen LogP contribution in [0.25, 0.3) is 0 Å². The first-order valence-corrected chi connectivity index (χ1v) is 9.31. The number of rotatable bonds is 7. The van der Waals surface area contributed by atoms with E-state index in [4.69, 9.17) is 4.74 Å². The van der Waals surface area contributed by atoms with Gasteiger partial charge in [0.05, 0.1) is 11.3 Å². The van der Waals surface area contributed by atoms with E-state index in [1.165, 1.54) is 0 Å². The van der Waals surface area contributed by atoms with E-state index in [2.05, 4.69) is 6.58 Å². The second kappa shape index (κ2) is 8.25. The lowest BCUT2D eigenvalue weighted by atomic mass is 10.1. The van der Waals surface area contributed by atoms with Crippen molar-refractivity contribution in [1.29, 1.82) is 0 Å². The molecule has 0 spiro atoms. The first kappa shape index (κ1) is 19.6. The van der Waals surface area contributed by atoms with E-state index in [1.807, 2.05) is 18.4 Å². The summed E-state index contributed by atoms with van der Waals surface area (Å²) < 4.78 is 7.27. The smallest absolute Gasteiger partial charge is 0.340 e. The lowest BCUT2D eigenvalue weighted by Gasteiger charge is -2.18. The van der Waals surface area contributed by atoms with E-state index in [0.29, 0.717) is 36.3 Å². The molecular formula is C22H24N2O4. The molecule has 0 atom stereocenters. The van der Waals surface area contributed by atoms with Gasteiger partial charge in [-0.2, -0.15) is 0 Å². The highest BCUT2D eigenvalue weighted by atomic mass is 16.5. The lowest BCUT2D eigenvalue weighted by Crippen LogP contribution is -2.26. The number of aromatic nitrogens is 1. The monoisotopic (exact) mass is 380 g/mol. The molecule has 0 saturated carbocycles. The van der Waals surface area contributed by atoms with Gasteiger partial charge >= 0.3 is 5.97 Å². The number of Topliss-reactive ketones (excluding diaryl/α,β-unsaturated/α-hetero) is 1. The molecule has 6 nitrogen and oxygen atoms in total. The molecule has 1 aliphatic heterocycles. The normalized spacial score (nSPS) is 13.6. The van der Waals surface area contributed by atoms with Crippen LogP contribution >= 0.6 is 0 Å². The molecule has 0 unspecified atom stereocenters. The van der Waals surface area contributed by atoms with Crippen molar-refractivity contribution < 1.29 is 19.1 Å². The van der Waals surface area contributed by atoms with Crippen molar-refractivity contribution in [2.75, 3.05) is 18.1 Å². The molecule has 1 amide bonds. The van der Waals surface area contributed by atoms with Crippen LogP contribution in [0.1, 0.15) is 44.9 Å². The number of hydrogen-bond acceptors (Lipinski definition) is 4. The van der Waals surface area contributed by atoms with Gasteiger partial charge in [0, 0.05) is 36.5 Å². The quantitative estimate of drug-likeness (QED) is 0.419. The third kappa shape index (κ3) is 3.76. The zero-order valence-electron chi connectivity index (χ0n) is 16.2. The highest BCUT2D eigenvalue weighted by Gasteiger charge is 2.26. The van der Waals surface area contributed by atoms with Crippen LogP contribution in [0.2, 0.25) is 0 Å². The number of carbonyl (C=O) groups excluding carboxylic acids is 3. The van der Waals surface area contributed by atoms with Crippen LogP contribution in [0.4, 0.5) is 5.69 Å². The predicted octanol–water partition coefficient (Wildman–Crippen LogP) is 3.46. The fourth-order valence-corrected chi connectivity index (χ4v) is 3.56. The number of amides is 1. The largest absolute Gasteiger partial charge is 0.454 e. The number of esters is 1. The molecule has 2 aromatic rings. The molecule has 1 aromatic carbocycles. The van der Waals surface area contributed by atoms with E-state index < -0.39 is 5.97 Å². The number of ether oxygens (including phenoxy) is 1. The van der Waals surface area contributed by atoms with E-state index in [-0.39, 0.29) is 18.3 Å². The van der Waals surface area contributed by atoms with Crippen LogP contribution in [0.3, 0.4) is 0 Å². The topological polar surface area (TPSA) is 68.6 Å². The van der Waals surface area contributed by atoms with Gasteiger partial charge in [0.25, 0.3) is 0 Å². The molecule has 1 aromatic heterocycles. The Balaban J connectivity index is 1.73. The van der Waals surface area contributed by atoms with Crippen molar-refractivity contribution in [2.24, 2.45) is 0 Å². The molecule has 0 radical (unpaired) electrons. The molecule has 3 rings (SSSR count). The number of carbonyl (C=O) groups is 3. The highest BCUT2D eigenvalue weighted by Crippen LogP contribution is 2.26. The number of para-hydroxylation sites is 1. The molecule has 146 valence electrons. The van der Waals surface area contributed by atoms with Crippen LogP contribution in [-0.4, -0.2) is 35.4 Å². The average Bonchev–Trinajstić information content (AvgIpc) is 3.24. The maximum Gasteiger partial charge on any atom is 0.340 e. The minimum absolute atomic E-state index is 0.00835. The summed E-state index contributed by atoms with van der Waals surface area (Å²) >= 11 is 0. The van der Waals surface area contributed by atoms with Gasteiger partial charge < -0.3 is 14.2 Å². The van der Waals surface area contributed by atoms with Crippen molar-refractivity contribution in [3.63, 3.8) is 0 Å². The van der Waals surface area contributed by atoms with Crippen molar-refractivity contribution in [1.82, 2.24) is 4.57 Å². The van der Waals surface area contributed by atoms with Crippen LogP contribution in [0, 0.1) is 13.8 Å². The Kier molecular flexibility index (Phi) is 5.78. The molecule has 2 heterocycles. The number of anilines is 1. The van der Waals surface area contributed by atoms with Crippen molar-refractivity contribution >= 4 is 23.3 Å². The van der Waals surface area contributed by atoms with Gasteiger partial charge in [-0.05, 0) is 38.5 Å². The van der Waals surface area contributed by atoms with Gasteiger partial charge in [-0.1, -0.05) is 18.2 Å². The number of ketones is 1. The summed E-state index contributed by atoms with van der Waals surface area (Å²) in [6.07, 6.45) is 3.01. The van der Waals surface area contributed by atoms with E-state index in [1.54, 1.807) is 41.3 Å². The van der Waals surface area contributed by atoms with Crippen molar-refractivity contribution in [2.45, 2.75) is 33.2 Å². The van der Waals surface area contributed by atoms with Gasteiger partial charge in [0.1, 0.15) is 0 Å². The molecule has 1 fully saturated rings. The Morgan fingerprint density at radius 1 is 1.21 bits per heavy atom. The van der Waals surface area contributed by atoms with Crippen molar-refractivity contribution in [3.05, 3.63) is 65.5 Å². The molecule has 1 aliphatic rings. The van der Waals surface area contributed by atoms with E-state index >= 15 is 0 Å². The SMILES string of the molecule is C=CCn1c(C)cc(C(=O)COC(=O)c2ccccc2N2CCCC2=O)c1C. The van der Waals surface area contributed by atoms with Gasteiger partial charge in [-0.25, -0.2) is 4.79 Å². The van der Waals surface area contributed by atoms with Gasteiger partial charge in [0.2, 0.25) is 11.7 Å². The van der Waals surface area contributed by atoms with Gasteiger partial charge in [0.15, 0.2) is 6.61 Å². The summed E-state index contributed by atoms with van der Waals surface area (Å²) in [6.45, 7) is 8.35. The first-order valence-electron chi connectivity index (χ1n) is 9.31. The Bertz CT molecular complexity index is 942. The van der Waals surface area contributed by atoms with Crippen molar-refractivity contribution in [3.8, 4) is 0 Å². The maximum atomic E-state index is 12.6. The summed E-state index contributed by atoms with van der Waals surface area (Å²) in [4.78, 5) is 38.8. The van der Waals surface area contributed by atoms with E-state index in [9.17, 15) is 14.4 Å². The van der Waals surface area contributed by atoms with Crippen LogP contribution < -0.4 is 4.90 Å².